The summed E-state index contributed by atoms with van der Waals surface area (Å²) in [4.78, 5) is 17.5. The van der Waals surface area contributed by atoms with E-state index in [1.54, 1.807) is 12.1 Å². The maximum Gasteiger partial charge on any atom is 0.226 e. The molecule has 3 fully saturated rings. The largest absolute Gasteiger partial charge is 0.392 e. The average Bonchev–Trinajstić information content (AvgIpc) is 3.47. The fraction of sp³-hybridized carbons (Fsp3) is 0.429. The summed E-state index contributed by atoms with van der Waals surface area (Å²) in [6.45, 7) is 0.420. The number of carbonyl (C=O) groups excluding carboxylic acids is 1. The van der Waals surface area contributed by atoms with Crippen molar-refractivity contribution in [1.29, 1.82) is 0 Å². The van der Waals surface area contributed by atoms with E-state index in [-0.39, 0.29) is 28.6 Å². The molecule has 5 nitrogen and oxygen atoms in total. The van der Waals surface area contributed by atoms with E-state index >= 15 is 0 Å². The van der Waals surface area contributed by atoms with Gasteiger partial charge in [-0.05, 0) is 73.6 Å². The number of aliphatic hydroxyl groups excluding tert-OH is 1. The zero-order chi connectivity index (χ0) is 23.3. The zero-order valence-corrected chi connectivity index (χ0v) is 19.2. The van der Waals surface area contributed by atoms with Crippen LogP contribution in [0.1, 0.15) is 62.1 Å². The molecule has 1 aromatic heterocycles. The molecule has 2 heterocycles. The topological polar surface area (TPSA) is 67.2 Å². The molecule has 0 radical (unpaired) electrons. The number of nitrogens with one attached hydrogen (secondary N) is 1. The molecule has 3 saturated carbocycles. The van der Waals surface area contributed by atoms with E-state index in [9.17, 15) is 14.3 Å². The van der Waals surface area contributed by atoms with Gasteiger partial charge in [0.2, 0.25) is 5.91 Å². The van der Waals surface area contributed by atoms with E-state index in [2.05, 4.69) is 39.1 Å². The maximum atomic E-state index is 13.2. The molecule has 176 valence electrons. The average molecular weight is 460 g/mol. The summed E-state index contributed by atoms with van der Waals surface area (Å²) in [6, 6.07) is 14.8. The summed E-state index contributed by atoms with van der Waals surface area (Å²) < 4.78 is 15.3. The molecule has 2 unspecified atom stereocenters. The van der Waals surface area contributed by atoms with Gasteiger partial charge >= 0.3 is 0 Å². The van der Waals surface area contributed by atoms with Crippen molar-refractivity contribution in [1.82, 2.24) is 14.9 Å². The second-order valence-corrected chi connectivity index (χ2v) is 10.5. The van der Waals surface area contributed by atoms with Gasteiger partial charge < -0.3 is 15.0 Å². The van der Waals surface area contributed by atoms with E-state index in [0.29, 0.717) is 13.0 Å². The Kier molecular flexibility index (Phi) is 5.10. The Morgan fingerprint density at radius 2 is 1.79 bits per heavy atom. The number of imidazole rings is 1. The van der Waals surface area contributed by atoms with Crippen molar-refractivity contribution in [2.24, 2.45) is 10.8 Å². The summed E-state index contributed by atoms with van der Waals surface area (Å²) in [5.74, 6) is -0.166. The molecule has 0 saturated heterocycles. The maximum absolute atomic E-state index is 13.2. The number of nitrogens with zero attached hydrogens (tertiary/aromatic N) is 2. The molecule has 2 atom stereocenters. The molecule has 2 bridgehead atoms. The van der Waals surface area contributed by atoms with Gasteiger partial charge in [0.15, 0.2) is 0 Å². The summed E-state index contributed by atoms with van der Waals surface area (Å²) in [5.41, 5.74) is 4.04. The number of amides is 1. The molecule has 6 heteroatoms. The number of aliphatic hydroxyl groups is 1. The first-order valence-electron chi connectivity index (χ1n) is 12.3. The molecule has 2 aromatic carbocycles. The summed E-state index contributed by atoms with van der Waals surface area (Å²) in [5, 5.41) is 14.6. The minimum atomic E-state index is -0.417. The predicted octanol–water partition coefficient (Wildman–Crippen LogP) is 5.00. The third-order valence-corrected chi connectivity index (χ3v) is 8.90. The van der Waals surface area contributed by atoms with Crippen LogP contribution in [-0.2, 0) is 11.3 Å². The molecule has 1 amide bonds. The van der Waals surface area contributed by atoms with Crippen LogP contribution in [0.5, 0.6) is 0 Å². The molecule has 3 aliphatic carbocycles. The van der Waals surface area contributed by atoms with Crippen LogP contribution in [0.25, 0.3) is 11.3 Å². The number of rotatable bonds is 6. The van der Waals surface area contributed by atoms with Crippen LogP contribution >= 0.6 is 0 Å². The summed E-state index contributed by atoms with van der Waals surface area (Å²) in [6.07, 6.45) is 9.12. The molecular weight excluding hydrogens is 429 g/mol. The second kappa shape index (κ2) is 8.05. The van der Waals surface area contributed by atoms with Crippen LogP contribution in [0.3, 0.4) is 0 Å². The Morgan fingerprint density at radius 1 is 1.09 bits per heavy atom. The van der Waals surface area contributed by atoms with Crippen molar-refractivity contribution in [2.75, 3.05) is 0 Å². The zero-order valence-electron chi connectivity index (χ0n) is 19.2. The highest BCUT2D eigenvalue weighted by atomic mass is 19.1. The number of halogens is 1. The number of hydrogen-bond donors (Lipinski definition) is 2. The lowest BCUT2D eigenvalue weighted by atomic mass is 9.51. The van der Waals surface area contributed by atoms with Crippen LogP contribution in [0.2, 0.25) is 0 Å². The van der Waals surface area contributed by atoms with E-state index in [1.807, 2.05) is 12.5 Å². The normalized spacial score (nSPS) is 27.8. The first-order chi connectivity index (χ1) is 16.5. The summed E-state index contributed by atoms with van der Waals surface area (Å²) in [7, 11) is 0. The lowest BCUT2D eigenvalue weighted by Crippen LogP contribution is -2.53. The van der Waals surface area contributed by atoms with Gasteiger partial charge in [-0.15, -0.1) is 0 Å². The van der Waals surface area contributed by atoms with E-state index in [1.165, 1.54) is 23.3 Å². The van der Waals surface area contributed by atoms with Gasteiger partial charge in [0.25, 0.3) is 0 Å². The Hall–Kier alpha value is -2.99. The van der Waals surface area contributed by atoms with E-state index < -0.39 is 6.10 Å². The van der Waals surface area contributed by atoms with Crippen LogP contribution in [-0.4, -0.2) is 26.7 Å². The van der Waals surface area contributed by atoms with Gasteiger partial charge in [-0.1, -0.05) is 36.4 Å². The first-order valence-corrected chi connectivity index (χ1v) is 12.3. The third kappa shape index (κ3) is 3.38. The van der Waals surface area contributed by atoms with Crippen molar-refractivity contribution in [3.63, 3.8) is 0 Å². The van der Waals surface area contributed by atoms with Crippen LogP contribution in [0.15, 0.2) is 61.1 Å². The fourth-order valence-electron chi connectivity index (χ4n) is 6.66. The number of benzene rings is 2. The molecule has 34 heavy (non-hydrogen) atoms. The van der Waals surface area contributed by atoms with Crippen molar-refractivity contribution in [3.05, 3.63) is 78.0 Å². The van der Waals surface area contributed by atoms with Crippen LogP contribution in [0.4, 0.5) is 4.39 Å². The monoisotopic (exact) mass is 459 g/mol. The van der Waals surface area contributed by atoms with Crippen LogP contribution < -0.4 is 5.32 Å². The number of aromatic nitrogens is 2. The van der Waals surface area contributed by atoms with Crippen molar-refractivity contribution in [3.8, 4) is 11.3 Å². The Bertz CT molecular complexity index is 1190. The van der Waals surface area contributed by atoms with E-state index in [4.69, 9.17) is 0 Å². The first kappa shape index (κ1) is 21.5. The minimum absolute atomic E-state index is 0.102. The molecule has 7 rings (SSSR count). The fourth-order valence-corrected chi connectivity index (χ4v) is 6.66. The minimum Gasteiger partial charge on any atom is -0.392 e. The highest BCUT2D eigenvalue weighted by Gasteiger charge is 2.55. The molecule has 4 aliphatic rings. The van der Waals surface area contributed by atoms with Crippen molar-refractivity contribution < 1.29 is 14.3 Å². The molecular formula is C28H30FN3O2. The number of hydrogen-bond acceptors (Lipinski definition) is 3. The lowest BCUT2D eigenvalue weighted by molar-refractivity contribution is -0.148. The van der Waals surface area contributed by atoms with Gasteiger partial charge in [-0.3, -0.25) is 4.79 Å². The highest BCUT2D eigenvalue weighted by Crippen LogP contribution is 2.59. The smallest absolute Gasteiger partial charge is 0.226 e. The Morgan fingerprint density at radius 3 is 2.53 bits per heavy atom. The molecule has 1 aliphatic heterocycles. The van der Waals surface area contributed by atoms with Gasteiger partial charge in [0.1, 0.15) is 5.82 Å². The molecule has 2 N–H and O–H groups in total. The molecule has 0 spiro atoms. The van der Waals surface area contributed by atoms with Gasteiger partial charge in [0.05, 0.1) is 30.4 Å². The van der Waals surface area contributed by atoms with Crippen molar-refractivity contribution in [2.45, 2.75) is 63.6 Å². The highest BCUT2D eigenvalue weighted by molar-refractivity contribution is 5.83. The van der Waals surface area contributed by atoms with Gasteiger partial charge in [0, 0.05) is 17.5 Å². The lowest BCUT2D eigenvalue weighted by Gasteiger charge is -2.54. The number of fused-ring (bicyclic) bond motifs is 6. The molecule has 3 aromatic rings. The van der Waals surface area contributed by atoms with Crippen molar-refractivity contribution >= 4 is 5.91 Å². The quantitative estimate of drug-likeness (QED) is 0.545. The number of carbonyl (C=O) groups is 1. The van der Waals surface area contributed by atoms with E-state index in [0.717, 1.165) is 49.8 Å². The summed E-state index contributed by atoms with van der Waals surface area (Å²) >= 11 is 0. The second-order valence-electron chi connectivity index (χ2n) is 10.5. The Labute approximate surface area is 199 Å². The predicted molar refractivity (Wildman–Crippen MR) is 127 cm³/mol. The van der Waals surface area contributed by atoms with Crippen LogP contribution in [0, 0.1) is 16.6 Å². The Balaban J connectivity index is 1.12. The standard InChI is InChI=1S/C28H30FN3O2/c29-20-7-5-19(6-8-20)16-31-26(34)28-12-9-27(10-13-28,11-14-28)25(33)15-23-21-3-1-2-4-22(21)24-17-30-18-32(23)24/h1-8,17-18,23,25,33H,9-16H2,(H,31,34). The van der Waals surface area contributed by atoms with Gasteiger partial charge in [-0.25, -0.2) is 9.37 Å². The SMILES string of the molecule is O=C(NCc1ccc(F)cc1)C12CCC(C(O)CC3c4ccccc4-c4cncn43)(CC1)CC2. The van der Waals surface area contributed by atoms with Gasteiger partial charge in [-0.2, -0.15) is 0 Å². The third-order valence-electron chi connectivity index (χ3n) is 8.90.